The van der Waals surface area contributed by atoms with Crippen LogP contribution in [0.3, 0.4) is 0 Å². The summed E-state index contributed by atoms with van der Waals surface area (Å²) in [5, 5.41) is 0. The van der Waals surface area contributed by atoms with Crippen LogP contribution in [-0.2, 0) is 11.2 Å². The highest BCUT2D eigenvalue weighted by Gasteiger charge is 2.35. The molecule has 0 spiro atoms. The summed E-state index contributed by atoms with van der Waals surface area (Å²) in [6, 6.07) is 10.7. The zero-order valence-corrected chi connectivity index (χ0v) is 18.0. The van der Waals surface area contributed by atoms with Crippen molar-refractivity contribution in [3.63, 3.8) is 0 Å². The van der Waals surface area contributed by atoms with Gasteiger partial charge in [-0.2, -0.15) is 0 Å². The maximum atomic E-state index is 12.9. The van der Waals surface area contributed by atoms with Gasteiger partial charge < -0.3 is 14.4 Å². The zero-order chi connectivity index (χ0) is 22.1. The predicted octanol–water partition coefficient (Wildman–Crippen LogP) is 3.23. The number of nitrogens with zero attached hydrogens (tertiary/aromatic N) is 2. The molecule has 0 aromatic heterocycles. The van der Waals surface area contributed by atoms with Crippen LogP contribution in [0, 0.1) is 0 Å². The maximum Gasteiger partial charge on any atom is 0.261 e. The van der Waals surface area contributed by atoms with Gasteiger partial charge in [-0.3, -0.25) is 19.3 Å². The van der Waals surface area contributed by atoms with E-state index < -0.39 is 0 Å². The minimum absolute atomic E-state index is 0.0181. The Kier molecular flexibility index (Phi) is 5.67. The smallest absolute Gasteiger partial charge is 0.261 e. The molecule has 0 saturated heterocycles. The van der Waals surface area contributed by atoms with Gasteiger partial charge in [0.2, 0.25) is 5.91 Å². The molecule has 0 radical (unpaired) electrons. The monoisotopic (exact) mass is 422 g/mol. The molecule has 162 valence electrons. The van der Waals surface area contributed by atoms with Crippen LogP contribution >= 0.6 is 0 Å². The van der Waals surface area contributed by atoms with E-state index in [1.54, 1.807) is 38.5 Å². The van der Waals surface area contributed by atoms with Crippen LogP contribution in [0.15, 0.2) is 36.4 Å². The summed E-state index contributed by atoms with van der Waals surface area (Å²) in [7, 11) is 3.21. The quantitative estimate of drug-likeness (QED) is 0.668. The molecule has 2 aliphatic rings. The van der Waals surface area contributed by atoms with Gasteiger partial charge in [-0.15, -0.1) is 0 Å². The number of rotatable bonds is 6. The van der Waals surface area contributed by atoms with Crippen LogP contribution in [-0.4, -0.2) is 54.8 Å². The van der Waals surface area contributed by atoms with Crippen molar-refractivity contribution in [3.8, 4) is 11.5 Å². The summed E-state index contributed by atoms with van der Waals surface area (Å²) in [5.41, 5.74) is 3.08. The van der Waals surface area contributed by atoms with Gasteiger partial charge in [0.25, 0.3) is 11.8 Å². The molecule has 7 heteroatoms. The van der Waals surface area contributed by atoms with E-state index in [1.165, 1.54) is 4.90 Å². The molecule has 3 amide bonds. The van der Waals surface area contributed by atoms with Crippen LogP contribution in [0.1, 0.15) is 57.7 Å². The number of benzene rings is 2. The second-order valence-electron chi connectivity index (χ2n) is 7.83. The molecule has 0 aliphatic carbocycles. The molecule has 0 N–H and O–H groups in total. The lowest BCUT2D eigenvalue weighted by molar-refractivity contribution is -0.133. The molecule has 1 atom stereocenters. The van der Waals surface area contributed by atoms with Crippen molar-refractivity contribution in [2.24, 2.45) is 0 Å². The fraction of sp³-hybridized carbons (Fsp3) is 0.375. The highest BCUT2D eigenvalue weighted by Crippen LogP contribution is 2.38. The number of fused-ring (bicyclic) bond motifs is 2. The topological polar surface area (TPSA) is 76.2 Å². The van der Waals surface area contributed by atoms with Crippen molar-refractivity contribution in [2.75, 3.05) is 27.3 Å². The van der Waals surface area contributed by atoms with E-state index in [2.05, 4.69) is 0 Å². The van der Waals surface area contributed by atoms with Crippen molar-refractivity contribution in [3.05, 3.63) is 58.7 Å². The Balaban J connectivity index is 1.39. The molecular weight excluding hydrogens is 396 g/mol. The van der Waals surface area contributed by atoms with E-state index in [9.17, 15) is 14.4 Å². The largest absolute Gasteiger partial charge is 0.493 e. The van der Waals surface area contributed by atoms with Crippen LogP contribution in [0.4, 0.5) is 0 Å². The molecule has 4 rings (SSSR count). The molecule has 2 aromatic rings. The number of methoxy groups -OCH3 is 2. The minimum Gasteiger partial charge on any atom is -0.493 e. The Hall–Kier alpha value is -3.35. The summed E-state index contributed by atoms with van der Waals surface area (Å²) in [6.45, 7) is 2.86. The highest BCUT2D eigenvalue weighted by atomic mass is 16.5. The second kappa shape index (κ2) is 8.41. The molecule has 2 aromatic carbocycles. The summed E-state index contributed by atoms with van der Waals surface area (Å²) in [5.74, 6) is 0.787. The number of hydrogen-bond donors (Lipinski definition) is 0. The van der Waals surface area contributed by atoms with Crippen molar-refractivity contribution >= 4 is 17.7 Å². The SMILES string of the molecule is COc1cc2c(cc1OC)[C@@H](C)N(C(=O)CCCN1C(=O)c3ccccc3C1=O)CC2. The van der Waals surface area contributed by atoms with Gasteiger partial charge in [0.15, 0.2) is 11.5 Å². The van der Waals surface area contributed by atoms with Crippen LogP contribution < -0.4 is 9.47 Å². The Morgan fingerprint density at radius 3 is 2.26 bits per heavy atom. The van der Waals surface area contributed by atoms with Gasteiger partial charge in [-0.1, -0.05) is 12.1 Å². The van der Waals surface area contributed by atoms with E-state index in [0.29, 0.717) is 35.6 Å². The average molecular weight is 422 g/mol. The first-order valence-electron chi connectivity index (χ1n) is 10.5. The summed E-state index contributed by atoms with van der Waals surface area (Å²) >= 11 is 0. The van der Waals surface area contributed by atoms with Gasteiger partial charge in [0.05, 0.1) is 31.4 Å². The maximum absolute atomic E-state index is 12.9. The van der Waals surface area contributed by atoms with Crippen LogP contribution in [0.2, 0.25) is 0 Å². The lowest BCUT2D eigenvalue weighted by atomic mass is 9.92. The number of imide groups is 1. The first-order valence-corrected chi connectivity index (χ1v) is 10.5. The molecule has 7 nitrogen and oxygen atoms in total. The number of amides is 3. The van der Waals surface area contributed by atoms with Crippen molar-refractivity contribution in [1.82, 2.24) is 9.80 Å². The lowest BCUT2D eigenvalue weighted by Crippen LogP contribution is -2.39. The van der Waals surface area contributed by atoms with Crippen molar-refractivity contribution < 1.29 is 23.9 Å². The molecule has 0 fully saturated rings. The Bertz CT molecular complexity index is 1010. The van der Waals surface area contributed by atoms with E-state index in [-0.39, 0.29) is 36.7 Å². The van der Waals surface area contributed by atoms with Gasteiger partial charge in [0.1, 0.15) is 0 Å². The van der Waals surface area contributed by atoms with Gasteiger partial charge in [-0.25, -0.2) is 0 Å². The third kappa shape index (κ3) is 3.65. The average Bonchev–Trinajstić information content (AvgIpc) is 3.03. The summed E-state index contributed by atoms with van der Waals surface area (Å²) in [4.78, 5) is 41.0. The van der Waals surface area contributed by atoms with Crippen molar-refractivity contribution in [1.29, 1.82) is 0 Å². The zero-order valence-electron chi connectivity index (χ0n) is 18.0. The number of ether oxygens (including phenoxy) is 2. The first-order chi connectivity index (χ1) is 15.0. The number of hydrogen-bond acceptors (Lipinski definition) is 5. The Morgan fingerprint density at radius 1 is 1.03 bits per heavy atom. The van der Waals surface area contributed by atoms with E-state index in [0.717, 1.165) is 17.5 Å². The number of carbonyl (C=O) groups excluding carboxylic acids is 3. The van der Waals surface area contributed by atoms with E-state index >= 15 is 0 Å². The molecule has 31 heavy (non-hydrogen) atoms. The molecule has 0 bridgehead atoms. The third-order valence-electron chi connectivity index (χ3n) is 6.16. The first kappa shape index (κ1) is 20.9. The van der Waals surface area contributed by atoms with Gasteiger partial charge in [0, 0.05) is 19.5 Å². The minimum atomic E-state index is -0.283. The second-order valence-corrected chi connectivity index (χ2v) is 7.83. The predicted molar refractivity (Wildman–Crippen MR) is 114 cm³/mol. The molecule has 0 saturated carbocycles. The molecule has 2 aliphatic heterocycles. The van der Waals surface area contributed by atoms with Gasteiger partial charge >= 0.3 is 0 Å². The lowest BCUT2D eigenvalue weighted by Gasteiger charge is -2.36. The Morgan fingerprint density at radius 2 is 1.65 bits per heavy atom. The number of carbonyl (C=O) groups is 3. The fourth-order valence-electron chi connectivity index (χ4n) is 4.46. The highest BCUT2D eigenvalue weighted by molar-refractivity contribution is 6.21. The standard InChI is InChI=1S/C24H26N2O5/c1-15-19-14-21(31-3)20(30-2)13-16(19)10-12-25(15)22(27)9-6-11-26-23(28)17-7-4-5-8-18(17)24(26)29/h4-5,7-8,13-15H,6,9-12H2,1-3H3/t15-/m1/s1. The fourth-order valence-corrected chi connectivity index (χ4v) is 4.46. The molecule has 2 heterocycles. The third-order valence-corrected chi connectivity index (χ3v) is 6.16. The van der Waals surface area contributed by atoms with Crippen LogP contribution in [0.5, 0.6) is 11.5 Å². The molecule has 0 unspecified atom stereocenters. The molecular formula is C24H26N2O5. The Labute approximate surface area is 181 Å². The van der Waals surface area contributed by atoms with Crippen molar-refractivity contribution in [2.45, 2.75) is 32.2 Å². The van der Waals surface area contributed by atoms with Gasteiger partial charge in [-0.05, 0) is 55.2 Å². The van der Waals surface area contributed by atoms with Crippen LogP contribution in [0.25, 0.3) is 0 Å². The summed E-state index contributed by atoms with van der Waals surface area (Å²) < 4.78 is 10.8. The van der Waals surface area contributed by atoms with E-state index in [4.69, 9.17) is 9.47 Å². The normalized spacial score (nSPS) is 17.5. The van der Waals surface area contributed by atoms with E-state index in [1.807, 2.05) is 24.0 Å². The summed E-state index contributed by atoms with van der Waals surface area (Å²) in [6.07, 6.45) is 1.46.